The molecule has 0 bridgehead atoms. The number of ether oxygens (including phenoxy) is 1. The fraction of sp³-hybridized carbons (Fsp3) is 0.148. The Labute approximate surface area is 177 Å². The van der Waals surface area contributed by atoms with Crippen LogP contribution in [-0.4, -0.2) is 24.0 Å². The number of rotatable bonds is 8. The van der Waals surface area contributed by atoms with Gasteiger partial charge in [-0.25, -0.2) is 0 Å². The molecule has 0 saturated carbocycles. The monoisotopic (exact) mass is 395 g/mol. The molecule has 0 aromatic heterocycles. The van der Waals surface area contributed by atoms with Crippen LogP contribution in [0.25, 0.3) is 10.8 Å². The lowest BCUT2D eigenvalue weighted by molar-refractivity contribution is -0.134. The molecule has 0 aliphatic rings. The third-order valence-electron chi connectivity index (χ3n) is 5.18. The van der Waals surface area contributed by atoms with Gasteiger partial charge in [0.2, 0.25) is 0 Å². The molecule has 0 aliphatic heterocycles. The summed E-state index contributed by atoms with van der Waals surface area (Å²) in [6.45, 7) is 1.25. The second-order valence-electron chi connectivity index (χ2n) is 7.30. The van der Waals surface area contributed by atoms with Gasteiger partial charge in [-0.2, -0.15) is 0 Å². The molecule has 0 atom stereocenters. The molecule has 3 nitrogen and oxygen atoms in total. The van der Waals surface area contributed by atoms with Gasteiger partial charge in [0.15, 0.2) is 6.61 Å². The smallest absolute Gasteiger partial charge is 0.260 e. The summed E-state index contributed by atoms with van der Waals surface area (Å²) in [5.74, 6) is 0.729. The molecule has 150 valence electrons. The Hall–Kier alpha value is -3.59. The van der Waals surface area contributed by atoms with Gasteiger partial charge in [0, 0.05) is 18.5 Å². The summed E-state index contributed by atoms with van der Waals surface area (Å²) >= 11 is 0. The Balaban J connectivity index is 1.46. The number of nitrogens with zero attached hydrogens (tertiary/aromatic N) is 1. The van der Waals surface area contributed by atoms with E-state index in [0.717, 1.165) is 28.5 Å². The third-order valence-corrected chi connectivity index (χ3v) is 5.18. The van der Waals surface area contributed by atoms with Crippen LogP contribution in [0.2, 0.25) is 0 Å². The predicted molar refractivity (Wildman–Crippen MR) is 121 cm³/mol. The first-order chi connectivity index (χ1) is 14.8. The predicted octanol–water partition coefficient (Wildman–Crippen LogP) is 5.49. The standard InChI is InChI=1S/C27H25NO2/c29-27(21-30-26-17-9-15-24-14-7-8-16-25(24)26)28(20-23-12-5-2-6-13-23)19-18-22-10-3-1-4-11-22/h1-17H,18-21H2. The van der Waals surface area contributed by atoms with E-state index in [1.54, 1.807) is 0 Å². The first-order valence-electron chi connectivity index (χ1n) is 10.3. The van der Waals surface area contributed by atoms with E-state index in [0.29, 0.717) is 13.1 Å². The van der Waals surface area contributed by atoms with Gasteiger partial charge in [-0.05, 0) is 29.0 Å². The summed E-state index contributed by atoms with van der Waals surface area (Å²) in [5, 5.41) is 2.12. The van der Waals surface area contributed by atoms with Crippen LogP contribution in [0, 0.1) is 0 Å². The lowest BCUT2D eigenvalue weighted by Crippen LogP contribution is -2.36. The van der Waals surface area contributed by atoms with Crippen LogP contribution in [-0.2, 0) is 17.8 Å². The highest BCUT2D eigenvalue weighted by atomic mass is 16.5. The van der Waals surface area contributed by atoms with Gasteiger partial charge in [-0.15, -0.1) is 0 Å². The minimum atomic E-state index is -0.0114. The van der Waals surface area contributed by atoms with Crippen molar-refractivity contribution in [1.29, 1.82) is 0 Å². The zero-order valence-corrected chi connectivity index (χ0v) is 16.9. The van der Waals surface area contributed by atoms with Crippen LogP contribution in [0.3, 0.4) is 0 Å². The maximum Gasteiger partial charge on any atom is 0.260 e. The zero-order valence-electron chi connectivity index (χ0n) is 16.9. The van der Waals surface area contributed by atoms with Gasteiger partial charge < -0.3 is 9.64 Å². The Bertz CT molecular complexity index is 1090. The molecule has 0 aliphatic carbocycles. The molecule has 0 fully saturated rings. The van der Waals surface area contributed by atoms with Crippen LogP contribution in [0.4, 0.5) is 0 Å². The topological polar surface area (TPSA) is 29.5 Å². The minimum absolute atomic E-state index is 0.0114. The van der Waals surface area contributed by atoms with Crippen molar-refractivity contribution in [1.82, 2.24) is 4.90 Å². The molecule has 0 N–H and O–H groups in total. The van der Waals surface area contributed by atoms with Crippen molar-refractivity contribution in [3.8, 4) is 5.75 Å². The van der Waals surface area contributed by atoms with Crippen molar-refractivity contribution in [3.63, 3.8) is 0 Å². The molecule has 0 heterocycles. The minimum Gasteiger partial charge on any atom is -0.483 e. The first kappa shape index (κ1) is 19.7. The molecule has 3 heteroatoms. The summed E-state index contributed by atoms with van der Waals surface area (Å²) in [7, 11) is 0. The largest absolute Gasteiger partial charge is 0.483 e. The summed E-state index contributed by atoms with van der Waals surface area (Å²) in [4.78, 5) is 15.0. The molecule has 0 saturated heterocycles. The zero-order chi connectivity index (χ0) is 20.6. The summed E-state index contributed by atoms with van der Waals surface area (Å²) in [6.07, 6.45) is 0.813. The normalized spacial score (nSPS) is 10.7. The summed E-state index contributed by atoms with van der Waals surface area (Å²) < 4.78 is 5.96. The highest BCUT2D eigenvalue weighted by molar-refractivity contribution is 5.88. The first-order valence-corrected chi connectivity index (χ1v) is 10.3. The lowest BCUT2D eigenvalue weighted by Gasteiger charge is -2.23. The van der Waals surface area contributed by atoms with E-state index < -0.39 is 0 Å². The van der Waals surface area contributed by atoms with Gasteiger partial charge >= 0.3 is 0 Å². The maximum atomic E-state index is 13.1. The highest BCUT2D eigenvalue weighted by Gasteiger charge is 2.15. The Morgan fingerprint density at radius 2 is 1.33 bits per heavy atom. The van der Waals surface area contributed by atoms with Gasteiger partial charge in [0.05, 0.1) is 0 Å². The van der Waals surface area contributed by atoms with Crippen molar-refractivity contribution < 1.29 is 9.53 Å². The number of amides is 1. The lowest BCUT2D eigenvalue weighted by atomic mass is 10.1. The summed E-state index contributed by atoms with van der Waals surface area (Å²) in [6, 6.07) is 34.3. The highest BCUT2D eigenvalue weighted by Crippen LogP contribution is 2.25. The van der Waals surface area contributed by atoms with Crippen LogP contribution in [0.1, 0.15) is 11.1 Å². The molecule has 0 radical (unpaired) electrons. The Morgan fingerprint density at radius 1 is 0.700 bits per heavy atom. The van der Waals surface area contributed by atoms with Gasteiger partial charge in [-0.1, -0.05) is 97.1 Å². The van der Waals surface area contributed by atoms with E-state index >= 15 is 0 Å². The molecular formula is C27H25NO2. The molecule has 0 unspecified atom stereocenters. The van der Waals surface area contributed by atoms with E-state index in [2.05, 4.69) is 12.1 Å². The Kier molecular flexibility index (Phi) is 6.41. The SMILES string of the molecule is O=C(COc1cccc2ccccc12)N(CCc1ccccc1)Cc1ccccc1. The third kappa shape index (κ3) is 5.06. The number of benzene rings is 4. The van der Waals surface area contributed by atoms with E-state index in [1.165, 1.54) is 5.56 Å². The quantitative estimate of drug-likeness (QED) is 0.395. The van der Waals surface area contributed by atoms with Crippen molar-refractivity contribution in [2.45, 2.75) is 13.0 Å². The Morgan fingerprint density at radius 3 is 2.10 bits per heavy atom. The number of hydrogen-bond donors (Lipinski definition) is 0. The van der Waals surface area contributed by atoms with Crippen molar-refractivity contribution in [3.05, 3.63) is 114 Å². The molecule has 30 heavy (non-hydrogen) atoms. The van der Waals surface area contributed by atoms with E-state index in [9.17, 15) is 4.79 Å². The van der Waals surface area contributed by atoms with Gasteiger partial charge in [0.25, 0.3) is 5.91 Å². The van der Waals surface area contributed by atoms with E-state index in [1.807, 2.05) is 95.9 Å². The molecule has 1 amide bonds. The molecule has 4 aromatic carbocycles. The molecule has 4 aromatic rings. The second-order valence-corrected chi connectivity index (χ2v) is 7.30. The van der Waals surface area contributed by atoms with Crippen molar-refractivity contribution in [2.75, 3.05) is 13.2 Å². The number of carbonyl (C=O) groups is 1. The average Bonchev–Trinajstić information content (AvgIpc) is 2.81. The molecular weight excluding hydrogens is 370 g/mol. The fourth-order valence-corrected chi connectivity index (χ4v) is 3.56. The fourth-order valence-electron chi connectivity index (χ4n) is 3.56. The van der Waals surface area contributed by atoms with Crippen LogP contribution in [0.5, 0.6) is 5.75 Å². The van der Waals surface area contributed by atoms with Crippen LogP contribution < -0.4 is 4.74 Å². The van der Waals surface area contributed by atoms with Crippen LogP contribution in [0.15, 0.2) is 103 Å². The molecule has 4 rings (SSSR count). The number of hydrogen-bond acceptors (Lipinski definition) is 2. The number of fused-ring (bicyclic) bond motifs is 1. The maximum absolute atomic E-state index is 13.1. The van der Waals surface area contributed by atoms with Gasteiger partial charge in [0.1, 0.15) is 5.75 Å². The average molecular weight is 396 g/mol. The van der Waals surface area contributed by atoms with Gasteiger partial charge in [-0.3, -0.25) is 4.79 Å². The van der Waals surface area contributed by atoms with E-state index in [4.69, 9.17) is 4.74 Å². The van der Waals surface area contributed by atoms with E-state index in [-0.39, 0.29) is 12.5 Å². The summed E-state index contributed by atoms with van der Waals surface area (Å²) in [5.41, 5.74) is 2.34. The van der Waals surface area contributed by atoms with Crippen LogP contribution >= 0.6 is 0 Å². The number of carbonyl (C=O) groups excluding carboxylic acids is 1. The second kappa shape index (κ2) is 9.75. The van der Waals surface area contributed by atoms with Crippen molar-refractivity contribution >= 4 is 16.7 Å². The van der Waals surface area contributed by atoms with Crippen molar-refractivity contribution in [2.24, 2.45) is 0 Å². The molecule has 0 spiro atoms.